The van der Waals surface area contributed by atoms with Crippen molar-refractivity contribution in [1.29, 1.82) is 0 Å². The molecule has 1 fully saturated rings. The van der Waals surface area contributed by atoms with Crippen molar-refractivity contribution < 1.29 is 14.3 Å². The number of carbonyl (C=O) groups is 2. The van der Waals surface area contributed by atoms with Crippen molar-refractivity contribution >= 4 is 23.3 Å². The molecule has 2 aromatic carbocycles. The average Bonchev–Trinajstić information content (AvgIpc) is 2.79. The molecule has 3 rings (SSSR count). The number of hydrogen-bond donors (Lipinski definition) is 3. The summed E-state index contributed by atoms with van der Waals surface area (Å²) in [5.74, 6) is -0.166. The van der Waals surface area contributed by atoms with E-state index in [2.05, 4.69) is 20.9 Å². The number of ether oxygens (including phenoxy) is 1. The summed E-state index contributed by atoms with van der Waals surface area (Å²) in [6.07, 6.45) is 3.45. The van der Waals surface area contributed by atoms with E-state index >= 15 is 0 Å². The summed E-state index contributed by atoms with van der Waals surface area (Å²) in [6.45, 7) is 3.18. The van der Waals surface area contributed by atoms with Gasteiger partial charge in [-0.05, 0) is 43.0 Å². The molecule has 3 amide bonds. The molecule has 0 radical (unpaired) electrons. The summed E-state index contributed by atoms with van der Waals surface area (Å²) in [6, 6.07) is 14.9. The van der Waals surface area contributed by atoms with E-state index in [0.29, 0.717) is 30.9 Å². The number of carbonyl (C=O) groups excluding carboxylic acids is 2. The second kappa shape index (κ2) is 11.2. The Hall–Kier alpha value is -3.06. The lowest BCUT2D eigenvalue weighted by molar-refractivity contribution is 0.0937. The molecule has 7 heteroatoms. The molecule has 0 bridgehead atoms. The van der Waals surface area contributed by atoms with Gasteiger partial charge in [-0.2, -0.15) is 0 Å². The van der Waals surface area contributed by atoms with Crippen molar-refractivity contribution in [3.8, 4) is 0 Å². The van der Waals surface area contributed by atoms with Gasteiger partial charge in [0, 0.05) is 44.7 Å². The van der Waals surface area contributed by atoms with Gasteiger partial charge in [-0.3, -0.25) is 4.79 Å². The lowest BCUT2D eigenvalue weighted by atomic mass is 10.1. The van der Waals surface area contributed by atoms with Crippen LogP contribution >= 0.6 is 0 Å². The summed E-state index contributed by atoms with van der Waals surface area (Å²) < 4.78 is 5.02. The summed E-state index contributed by atoms with van der Waals surface area (Å²) in [5.41, 5.74) is 3.07. The molecule has 0 unspecified atom stereocenters. The van der Waals surface area contributed by atoms with Crippen LogP contribution in [0.25, 0.3) is 0 Å². The topological polar surface area (TPSA) is 82.7 Å². The van der Waals surface area contributed by atoms with Gasteiger partial charge in [-0.25, -0.2) is 4.79 Å². The molecular formula is C23H30N4O3. The van der Waals surface area contributed by atoms with E-state index in [1.807, 2.05) is 42.5 Å². The second-order valence-corrected chi connectivity index (χ2v) is 7.32. The number of nitrogens with one attached hydrogen (secondary N) is 3. The van der Waals surface area contributed by atoms with Gasteiger partial charge in [0.25, 0.3) is 5.91 Å². The lowest BCUT2D eigenvalue weighted by Gasteiger charge is -2.30. The number of rotatable bonds is 8. The molecule has 3 N–H and O–H groups in total. The maximum atomic E-state index is 12.8. The number of piperidine rings is 1. The highest BCUT2D eigenvalue weighted by atomic mass is 16.5. The smallest absolute Gasteiger partial charge is 0.319 e. The van der Waals surface area contributed by atoms with Crippen LogP contribution in [0.5, 0.6) is 0 Å². The normalized spacial score (nSPS) is 13.6. The van der Waals surface area contributed by atoms with E-state index in [0.717, 1.165) is 37.2 Å². The first-order valence-electron chi connectivity index (χ1n) is 10.4. The summed E-state index contributed by atoms with van der Waals surface area (Å²) in [7, 11) is 1.60. The first kappa shape index (κ1) is 21.6. The predicted molar refractivity (Wildman–Crippen MR) is 119 cm³/mol. The Kier molecular flexibility index (Phi) is 8.09. The third kappa shape index (κ3) is 6.22. The zero-order valence-electron chi connectivity index (χ0n) is 17.4. The Morgan fingerprint density at radius 3 is 2.50 bits per heavy atom. The molecule has 7 nitrogen and oxygen atoms in total. The van der Waals surface area contributed by atoms with Crippen LogP contribution in [0.4, 0.5) is 16.2 Å². The van der Waals surface area contributed by atoms with Crippen LogP contribution < -0.4 is 20.9 Å². The summed E-state index contributed by atoms with van der Waals surface area (Å²) >= 11 is 0. The van der Waals surface area contributed by atoms with Crippen LogP contribution in [-0.2, 0) is 11.3 Å². The van der Waals surface area contributed by atoms with Crippen molar-refractivity contribution in [2.24, 2.45) is 0 Å². The second-order valence-electron chi connectivity index (χ2n) is 7.32. The molecule has 1 aliphatic heterocycles. The Balaban J connectivity index is 1.70. The van der Waals surface area contributed by atoms with Crippen LogP contribution in [0, 0.1) is 0 Å². The molecular weight excluding hydrogens is 380 g/mol. The monoisotopic (exact) mass is 410 g/mol. The molecule has 0 spiro atoms. The van der Waals surface area contributed by atoms with E-state index in [-0.39, 0.29) is 11.9 Å². The van der Waals surface area contributed by atoms with Crippen LogP contribution in [-0.4, -0.2) is 45.3 Å². The number of nitrogens with zero attached hydrogens (tertiary/aromatic N) is 1. The maximum absolute atomic E-state index is 12.8. The first-order chi connectivity index (χ1) is 14.7. The third-order valence-corrected chi connectivity index (χ3v) is 5.08. The van der Waals surface area contributed by atoms with Gasteiger partial charge in [0.15, 0.2) is 0 Å². The van der Waals surface area contributed by atoms with Gasteiger partial charge in [-0.1, -0.05) is 30.3 Å². The Morgan fingerprint density at radius 2 is 1.77 bits per heavy atom. The molecule has 2 aromatic rings. The Labute approximate surface area is 177 Å². The van der Waals surface area contributed by atoms with Crippen molar-refractivity contribution in [2.75, 3.05) is 43.6 Å². The van der Waals surface area contributed by atoms with Gasteiger partial charge in [0.05, 0.1) is 12.2 Å². The molecule has 0 aromatic heterocycles. The number of benzene rings is 2. The van der Waals surface area contributed by atoms with Crippen molar-refractivity contribution in [1.82, 2.24) is 10.6 Å². The Bertz CT molecular complexity index is 836. The van der Waals surface area contributed by atoms with E-state index in [4.69, 9.17) is 4.74 Å². The molecule has 1 aliphatic rings. The van der Waals surface area contributed by atoms with Crippen LogP contribution in [0.3, 0.4) is 0 Å². The average molecular weight is 411 g/mol. The molecule has 0 atom stereocenters. The number of hydrogen-bond acceptors (Lipinski definition) is 4. The highest BCUT2D eigenvalue weighted by molar-refractivity contribution is 6.02. The fourth-order valence-electron chi connectivity index (χ4n) is 3.52. The van der Waals surface area contributed by atoms with Gasteiger partial charge in [0.2, 0.25) is 0 Å². The zero-order valence-corrected chi connectivity index (χ0v) is 17.4. The van der Waals surface area contributed by atoms with E-state index < -0.39 is 0 Å². The van der Waals surface area contributed by atoms with Gasteiger partial charge >= 0.3 is 6.03 Å². The Morgan fingerprint density at radius 1 is 1.00 bits per heavy atom. The maximum Gasteiger partial charge on any atom is 0.319 e. The number of amides is 3. The predicted octanol–water partition coefficient (Wildman–Crippen LogP) is 3.37. The largest absolute Gasteiger partial charge is 0.383 e. The van der Waals surface area contributed by atoms with E-state index in [1.54, 1.807) is 13.2 Å². The molecule has 30 heavy (non-hydrogen) atoms. The number of anilines is 2. The first-order valence-corrected chi connectivity index (χ1v) is 10.4. The van der Waals surface area contributed by atoms with Gasteiger partial charge in [0.1, 0.15) is 0 Å². The zero-order chi connectivity index (χ0) is 21.2. The van der Waals surface area contributed by atoms with Crippen molar-refractivity contribution in [2.45, 2.75) is 25.8 Å². The van der Waals surface area contributed by atoms with Crippen molar-refractivity contribution in [3.63, 3.8) is 0 Å². The van der Waals surface area contributed by atoms with E-state index in [1.165, 1.54) is 6.42 Å². The highest BCUT2D eigenvalue weighted by Gasteiger charge is 2.19. The lowest BCUT2D eigenvalue weighted by Crippen LogP contribution is -2.34. The van der Waals surface area contributed by atoms with Gasteiger partial charge in [-0.15, -0.1) is 0 Å². The molecule has 0 aliphatic carbocycles. The van der Waals surface area contributed by atoms with Crippen LogP contribution in [0.1, 0.15) is 35.2 Å². The van der Waals surface area contributed by atoms with Crippen LogP contribution in [0.15, 0.2) is 48.5 Å². The molecule has 1 saturated heterocycles. The molecule has 160 valence electrons. The SMILES string of the molecule is COCCNC(=O)c1cc(NC(=O)NCc2ccccc2)ccc1N1CCCCC1. The van der Waals surface area contributed by atoms with Crippen molar-refractivity contribution in [3.05, 3.63) is 59.7 Å². The molecule has 1 heterocycles. The van der Waals surface area contributed by atoms with Gasteiger partial charge < -0.3 is 25.6 Å². The summed E-state index contributed by atoms with van der Waals surface area (Å²) in [4.78, 5) is 27.4. The fourth-order valence-corrected chi connectivity index (χ4v) is 3.52. The highest BCUT2D eigenvalue weighted by Crippen LogP contribution is 2.27. The summed E-state index contributed by atoms with van der Waals surface area (Å²) in [5, 5.41) is 8.56. The standard InChI is InChI=1S/C23H30N4O3/c1-30-15-12-24-22(28)20-16-19(10-11-21(20)27-13-6-3-7-14-27)26-23(29)25-17-18-8-4-2-5-9-18/h2,4-5,8-11,16H,3,6-7,12-15,17H2,1H3,(H,24,28)(H2,25,26,29). The number of urea groups is 1. The quantitative estimate of drug-likeness (QED) is 0.583. The minimum absolute atomic E-state index is 0.166. The minimum Gasteiger partial charge on any atom is -0.383 e. The fraction of sp³-hybridized carbons (Fsp3) is 0.391. The van der Waals surface area contributed by atoms with E-state index in [9.17, 15) is 9.59 Å². The van der Waals surface area contributed by atoms with Crippen LogP contribution in [0.2, 0.25) is 0 Å². The minimum atomic E-state index is -0.310. The number of methoxy groups -OCH3 is 1. The molecule has 0 saturated carbocycles. The third-order valence-electron chi connectivity index (χ3n) is 5.08.